The molecule has 0 saturated heterocycles. The zero-order valence-corrected chi connectivity index (χ0v) is 10.7. The van der Waals surface area contributed by atoms with Gasteiger partial charge in [-0.05, 0) is 39.8 Å². The molecule has 0 radical (unpaired) electrons. The fraction of sp³-hybridized carbons (Fsp3) is 0.750. The first-order valence-electron chi connectivity index (χ1n) is 5.74. The second-order valence-corrected chi connectivity index (χ2v) is 4.70. The summed E-state index contributed by atoms with van der Waals surface area (Å²) in [5, 5.41) is 7.88. The zero-order chi connectivity index (χ0) is 11.6. The molecule has 0 bridgehead atoms. The van der Waals surface area contributed by atoms with Gasteiger partial charge in [0.05, 0.1) is 5.69 Å². The zero-order valence-electron chi connectivity index (χ0n) is 10.7. The van der Waals surface area contributed by atoms with Crippen molar-refractivity contribution in [2.24, 2.45) is 0 Å². The molecule has 0 aliphatic heterocycles. The predicted octanol–water partition coefficient (Wildman–Crippen LogP) is 2.87. The molecule has 3 heteroatoms. The number of nitrogens with zero attached hydrogens (tertiary/aromatic N) is 2. The summed E-state index contributed by atoms with van der Waals surface area (Å²) < 4.78 is 2.13. The smallest absolute Gasteiger partial charge is 0.0794 e. The highest BCUT2D eigenvalue weighted by atomic mass is 15.3. The summed E-state index contributed by atoms with van der Waals surface area (Å²) in [6.07, 6.45) is 0. The molecule has 1 atom stereocenters. The minimum absolute atomic E-state index is 0.322. The van der Waals surface area contributed by atoms with Gasteiger partial charge in [0.15, 0.2) is 0 Å². The Morgan fingerprint density at radius 3 is 2.13 bits per heavy atom. The molecule has 0 fully saturated rings. The van der Waals surface area contributed by atoms with Gasteiger partial charge in [-0.1, -0.05) is 13.8 Å². The van der Waals surface area contributed by atoms with Gasteiger partial charge in [0, 0.05) is 17.8 Å². The summed E-state index contributed by atoms with van der Waals surface area (Å²) in [4.78, 5) is 0. The third kappa shape index (κ3) is 2.59. The number of rotatable bonds is 4. The summed E-state index contributed by atoms with van der Waals surface area (Å²) in [5.74, 6) is 0.526. The van der Waals surface area contributed by atoms with E-state index in [4.69, 9.17) is 0 Å². The average Bonchev–Trinajstić information content (AvgIpc) is 2.61. The molecule has 3 nitrogen and oxygen atoms in total. The Bertz CT molecular complexity index is 287. The second kappa shape index (κ2) is 4.79. The summed E-state index contributed by atoms with van der Waals surface area (Å²) in [6, 6.07) is 2.97. The van der Waals surface area contributed by atoms with Gasteiger partial charge < -0.3 is 5.32 Å². The van der Waals surface area contributed by atoms with Crippen LogP contribution in [-0.2, 0) is 0 Å². The molecule has 86 valence electrons. The maximum Gasteiger partial charge on any atom is 0.0794 e. The Hall–Kier alpha value is -0.830. The number of aromatic nitrogens is 2. The van der Waals surface area contributed by atoms with Crippen LogP contribution < -0.4 is 5.32 Å². The third-order valence-electron chi connectivity index (χ3n) is 2.74. The summed E-state index contributed by atoms with van der Waals surface area (Å²) in [7, 11) is 1.97. The fourth-order valence-electron chi connectivity index (χ4n) is 1.63. The molecule has 0 amide bonds. The first kappa shape index (κ1) is 12.2. The van der Waals surface area contributed by atoms with Crippen LogP contribution in [0.4, 0.5) is 0 Å². The van der Waals surface area contributed by atoms with Crippen LogP contribution in [0.1, 0.15) is 64.0 Å². The second-order valence-electron chi connectivity index (χ2n) is 4.70. The molecule has 0 aliphatic carbocycles. The van der Waals surface area contributed by atoms with E-state index in [1.807, 2.05) is 7.05 Å². The molecule has 1 aromatic heterocycles. The van der Waals surface area contributed by atoms with Crippen LogP contribution in [0.2, 0.25) is 0 Å². The highest BCUT2D eigenvalue weighted by Gasteiger charge is 2.15. The molecule has 1 aromatic rings. The van der Waals surface area contributed by atoms with Crippen LogP contribution in [0.5, 0.6) is 0 Å². The molecule has 0 saturated carbocycles. The Morgan fingerprint density at radius 2 is 1.80 bits per heavy atom. The molecule has 15 heavy (non-hydrogen) atoms. The van der Waals surface area contributed by atoms with Gasteiger partial charge in [-0.25, -0.2) is 0 Å². The lowest BCUT2D eigenvalue weighted by atomic mass is 10.1. The third-order valence-corrected chi connectivity index (χ3v) is 2.74. The standard InChI is InChI=1S/C12H23N3/c1-8(2)12-7-11(10(5)13-6)14-15(12)9(3)4/h7-10,13H,1-6H3. The van der Waals surface area contributed by atoms with Crippen molar-refractivity contribution in [3.8, 4) is 0 Å². The summed E-state index contributed by atoms with van der Waals surface area (Å²) in [6.45, 7) is 10.9. The van der Waals surface area contributed by atoms with Crippen molar-refractivity contribution in [1.29, 1.82) is 0 Å². The fourth-order valence-corrected chi connectivity index (χ4v) is 1.63. The molecule has 0 spiro atoms. The topological polar surface area (TPSA) is 29.9 Å². The van der Waals surface area contributed by atoms with Crippen LogP contribution >= 0.6 is 0 Å². The number of hydrogen-bond acceptors (Lipinski definition) is 2. The Morgan fingerprint density at radius 1 is 1.20 bits per heavy atom. The lowest BCUT2D eigenvalue weighted by Gasteiger charge is -2.12. The minimum Gasteiger partial charge on any atom is -0.312 e. The van der Waals surface area contributed by atoms with Crippen LogP contribution in [0.15, 0.2) is 6.07 Å². The number of hydrogen-bond donors (Lipinski definition) is 1. The van der Waals surface area contributed by atoms with E-state index in [1.165, 1.54) is 5.69 Å². The molecular weight excluding hydrogens is 186 g/mol. The molecule has 0 aromatic carbocycles. The normalized spacial score (nSPS) is 13.9. The van der Waals surface area contributed by atoms with Crippen molar-refractivity contribution >= 4 is 0 Å². The Kier molecular flexibility index (Phi) is 3.91. The van der Waals surface area contributed by atoms with Crippen LogP contribution in [0.25, 0.3) is 0 Å². The van der Waals surface area contributed by atoms with Crippen molar-refractivity contribution in [2.45, 2.75) is 52.6 Å². The highest BCUT2D eigenvalue weighted by molar-refractivity contribution is 5.17. The van der Waals surface area contributed by atoms with Crippen LogP contribution in [-0.4, -0.2) is 16.8 Å². The monoisotopic (exact) mass is 209 g/mol. The maximum atomic E-state index is 4.66. The van der Waals surface area contributed by atoms with E-state index < -0.39 is 0 Å². The largest absolute Gasteiger partial charge is 0.312 e. The van der Waals surface area contributed by atoms with Crippen LogP contribution in [0, 0.1) is 0 Å². The van der Waals surface area contributed by atoms with Gasteiger partial charge in [0.1, 0.15) is 0 Å². The lowest BCUT2D eigenvalue weighted by molar-refractivity contribution is 0.485. The van der Waals surface area contributed by atoms with E-state index in [-0.39, 0.29) is 0 Å². The van der Waals surface area contributed by atoms with Crippen molar-refractivity contribution in [3.63, 3.8) is 0 Å². The van der Waals surface area contributed by atoms with Gasteiger partial charge in [-0.2, -0.15) is 5.10 Å². The molecule has 0 aliphatic rings. The first-order valence-corrected chi connectivity index (χ1v) is 5.74. The maximum absolute atomic E-state index is 4.66. The van der Waals surface area contributed by atoms with E-state index in [9.17, 15) is 0 Å². The quantitative estimate of drug-likeness (QED) is 0.826. The molecular formula is C12H23N3. The predicted molar refractivity (Wildman–Crippen MR) is 64.2 cm³/mol. The van der Waals surface area contributed by atoms with E-state index in [0.29, 0.717) is 18.0 Å². The van der Waals surface area contributed by atoms with E-state index in [2.05, 4.69) is 55.8 Å². The molecule has 1 unspecified atom stereocenters. The van der Waals surface area contributed by atoms with E-state index in [0.717, 1.165) is 5.69 Å². The van der Waals surface area contributed by atoms with Crippen molar-refractivity contribution < 1.29 is 0 Å². The van der Waals surface area contributed by atoms with Gasteiger partial charge in [0.25, 0.3) is 0 Å². The van der Waals surface area contributed by atoms with Crippen molar-refractivity contribution in [2.75, 3.05) is 7.05 Å². The van der Waals surface area contributed by atoms with E-state index in [1.54, 1.807) is 0 Å². The molecule has 1 rings (SSSR count). The molecule has 1 heterocycles. The van der Waals surface area contributed by atoms with Crippen molar-refractivity contribution in [1.82, 2.24) is 15.1 Å². The first-order chi connectivity index (χ1) is 6.97. The van der Waals surface area contributed by atoms with E-state index >= 15 is 0 Å². The van der Waals surface area contributed by atoms with Gasteiger partial charge >= 0.3 is 0 Å². The average molecular weight is 209 g/mol. The SMILES string of the molecule is CNC(C)c1cc(C(C)C)n(C(C)C)n1. The lowest BCUT2D eigenvalue weighted by Crippen LogP contribution is -2.14. The Labute approximate surface area is 92.9 Å². The summed E-state index contributed by atoms with van der Waals surface area (Å²) >= 11 is 0. The minimum atomic E-state index is 0.322. The Balaban J connectivity index is 3.09. The molecule has 1 N–H and O–H groups in total. The van der Waals surface area contributed by atoms with Gasteiger partial charge in [-0.3, -0.25) is 4.68 Å². The highest BCUT2D eigenvalue weighted by Crippen LogP contribution is 2.22. The van der Waals surface area contributed by atoms with Crippen LogP contribution in [0.3, 0.4) is 0 Å². The van der Waals surface area contributed by atoms with Crippen molar-refractivity contribution in [3.05, 3.63) is 17.5 Å². The number of nitrogens with one attached hydrogen (secondary N) is 1. The van der Waals surface area contributed by atoms with Gasteiger partial charge in [-0.15, -0.1) is 0 Å². The van der Waals surface area contributed by atoms with Gasteiger partial charge in [0.2, 0.25) is 0 Å². The summed E-state index contributed by atoms with van der Waals surface area (Å²) in [5.41, 5.74) is 2.46.